The standard InChI is InChI=1S/C18H36/c1-5-7-9-11-12-13-15-17-18(3,4)16-14-10-8-6-2/h14,16H,5-13,15,17H2,1-4H3. The highest BCUT2D eigenvalue weighted by molar-refractivity contribution is 4.94. The Morgan fingerprint density at radius 1 is 0.722 bits per heavy atom. The molecule has 0 saturated carbocycles. The van der Waals surface area contributed by atoms with Crippen molar-refractivity contribution >= 4 is 0 Å². The summed E-state index contributed by atoms with van der Waals surface area (Å²) in [7, 11) is 0. The molecule has 0 N–H and O–H groups in total. The van der Waals surface area contributed by atoms with E-state index in [2.05, 4.69) is 39.8 Å². The van der Waals surface area contributed by atoms with Gasteiger partial charge in [0.25, 0.3) is 0 Å². The minimum atomic E-state index is 0.414. The first-order valence-corrected chi connectivity index (χ1v) is 8.30. The summed E-state index contributed by atoms with van der Waals surface area (Å²) in [4.78, 5) is 0. The second-order valence-electron chi connectivity index (χ2n) is 6.40. The molecule has 0 atom stereocenters. The zero-order valence-electron chi connectivity index (χ0n) is 13.4. The molecule has 0 heterocycles. The molecule has 0 unspecified atom stereocenters. The van der Waals surface area contributed by atoms with Gasteiger partial charge in [0, 0.05) is 0 Å². The number of hydrogen-bond donors (Lipinski definition) is 0. The number of unbranched alkanes of at least 4 members (excludes halogenated alkanes) is 8. The first-order valence-electron chi connectivity index (χ1n) is 8.30. The number of allylic oxidation sites excluding steroid dienone is 2. The molecule has 0 aliphatic rings. The fourth-order valence-corrected chi connectivity index (χ4v) is 2.35. The average Bonchev–Trinajstić information content (AvgIpc) is 2.34. The van der Waals surface area contributed by atoms with Crippen LogP contribution in [0.2, 0.25) is 0 Å². The predicted octanol–water partition coefficient (Wildman–Crippen LogP) is 6.90. The van der Waals surface area contributed by atoms with E-state index >= 15 is 0 Å². The second kappa shape index (κ2) is 11.8. The molecule has 0 radical (unpaired) electrons. The highest BCUT2D eigenvalue weighted by Crippen LogP contribution is 2.26. The highest BCUT2D eigenvalue weighted by atomic mass is 14.2. The Labute approximate surface area is 116 Å². The maximum absolute atomic E-state index is 2.44. The van der Waals surface area contributed by atoms with Crippen LogP contribution in [0.4, 0.5) is 0 Å². The Morgan fingerprint density at radius 3 is 1.89 bits per heavy atom. The van der Waals surface area contributed by atoms with Gasteiger partial charge >= 0.3 is 0 Å². The summed E-state index contributed by atoms with van der Waals surface area (Å²) in [6.45, 7) is 9.31. The van der Waals surface area contributed by atoms with E-state index in [1.807, 2.05) is 0 Å². The van der Waals surface area contributed by atoms with Crippen molar-refractivity contribution in [3.8, 4) is 0 Å². The van der Waals surface area contributed by atoms with Crippen LogP contribution in [-0.2, 0) is 0 Å². The van der Waals surface area contributed by atoms with Gasteiger partial charge in [0.2, 0.25) is 0 Å². The molecule has 18 heavy (non-hydrogen) atoms. The summed E-state index contributed by atoms with van der Waals surface area (Å²) in [6.07, 6.45) is 20.0. The third-order valence-corrected chi connectivity index (χ3v) is 3.72. The van der Waals surface area contributed by atoms with Crippen LogP contribution in [0.5, 0.6) is 0 Å². The van der Waals surface area contributed by atoms with Gasteiger partial charge in [-0.3, -0.25) is 0 Å². The van der Waals surface area contributed by atoms with E-state index in [4.69, 9.17) is 0 Å². The van der Waals surface area contributed by atoms with Crippen molar-refractivity contribution in [1.29, 1.82) is 0 Å². The molecule has 0 rings (SSSR count). The van der Waals surface area contributed by atoms with Crippen molar-refractivity contribution in [1.82, 2.24) is 0 Å². The zero-order chi connectivity index (χ0) is 13.7. The van der Waals surface area contributed by atoms with Crippen LogP contribution in [0.3, 0.4) is 0 Å². The maximum atomic E-state index is 2.44. The maximum Gasteiger partial charge on any atom is -0.0175 e. The summed E-state index contributed by atoms with van der Waals surface area (Å²) in [5.41, 5.74) is 0.414. The number of hydrogen-bond acceptors (Lipinski definition) is 0. The molecule has 0 nitrogen and oxygen atoms in total. The Balaban J connectivity index is 3.48. The van der Waals surface area contributed by atoms with E-state index in [0.717, 1.165) is 0 Å². The summed E-state index contributed by atoms with van der Waals surface area (Å²) in [5.74, 6) is 0. The number of rotatable bonds is 12. The van der Waals surface area contributed by atoms with E-state index in [-0.39, 0.29) is 0 Å². The van der Waals surface area contributed by atoms with Gasteiger partial charge < -0.3 is 0 Å². The fraction of sp³-hybridized carbons (Fsp3) is 0.889. The predicted molar refractivity (Wildman–Crippen MR) is 85.1 cm³/mol. The molecule has 0 amide bonds. The third-order valence-electron chi connectivity index (χ3n) is 3.72. The van der Waals surface area contributed by atoms with Crippen LogP contribution in [0.25, 0.3) is 0 Å². The molecule has 0 aromatic heterocycles. The second-order valence-corrected chi connectivity index (χ2v) is 6.40. The Kier molecular flexibility index (Phi) is 11.6. The molecule has 0 aliphatic carbocycles. The molecular formula is C18H36. The van der Waals surface area contributed by atoms with Crippen molar-refractivity contribution < 1.29 is 0 Å². The first-order chi connectivity index (χ1) is 8.62. The van der Waals surface area contributed by atoms with Gasteiger partial charge in [-0.2, -0.15) is 0 Å². The van der Waals surface area contributed by atoms with Crippen molar-refractivity contribution in [2.75, 3.05) is 0 Å². The summed E-state index contributed by atoms with van der Waals surface area (Å²) >= 11 is 0. The van der Waals surface area contributed by atoms with Crippen molar-refractivity contribution in [3.05, 3.63) is 12.2 Å². The molecule has 0 aromatic carbocycles. The van der Waals surface area contributed by atoms with E-state index in [9.17, 15) is 0 Å². The van der Waals surface area contributed by atoms with Crippen LogP contribution in [0.15, 0.2) is 12.2 Å². The summed E-state index contributed by atoms with van der Waals surface area (Å²) < 4.78 is 0. The fourth-order valence-electron chi connectivity index (χ4n) is 2.35. The molecule has 0 spiro atoms. The normalized spacial score (nSPS) is 12.4. The molecule has 0 bridgehead atoms. The van der Waals surface area contributed by atoms with Gasteiger partial charge in [-0.05, 0) is 18.3 Å². The lowest BCUT2D eigenvalue weighted by atomic mass is 9.86. The van der Waals surface area contributed by atoms with Crippen LogP contribution >= 0.6 is 0 Å². The third kappa shape index (κ3) is 12.2. The van der Waals surface area contributed by atoms with E-state index in [0.29, 0.717) is 5.41 Å². The van der Waals surface area contributed by atoms with E-state index < -0.39 is 0 Å². The summed E-state index contributed by atoms with van der Waals surface area (Å²) in [6, 6.07) is 0. The minimum Gasteiger partial charge on any atom is -0.0880 e. The zero-order valence-corrected chi connectivity index (χ0v) is 13.4. The molecule has 0 saturated heterocycles. The lowest BCUT2D eigenvalue weighted by molar-refractivity contribution is 0.406. The SMILES string of the molecule is CCCCC=CC(C)(C)CCCCCCCCC. The quantitative estimate of drug-likeness (QED) is 0.262. The minimum absolute atomic E-state index is 0.414. The lowest BCUT2D eigenvalue weighted by Gasteiger charge is -2.20. The van der Waals surface area contributed by atoms with Crippen LogP contribution in [-0.4, -0.2) is 0 Å². The monoisotopic (exact) mass is 252 g/mol. The summed E-state index contributed by atoms with van der Waals surface area (Å²) in [5, 5.41) is 0. The van der Waals surface area contributed by atoms with Gasteiger partial charge in [0.1, 0.15) is 0 Å². The topological polar surface area (TPSA) is 0 Å². The van der Waals surface area contributed by atoms with Crippen LogP contribution in [0, 0.1) is 5.41 Å². The van der Waals surface area contributed by atoms with Gasteiger partial charge in [0.05, 0.1) is 0 Å². The first kappa shape index (κ1) is 17.7. The Bertz CT molecular complexity index is 188. The smallest absolute Gasteiger partial charge is 0.0175 e. The molecule has 0 aliphatic heterocycles. The Morgan fingerprint density at radius 2 is 1.28 bits per heavy atom. The van der Waals surface area contributed by atoms with Crippen LogP contribution < -0.4 is 0 Å². The van der Waals surface area contributed by atoms with Gasteiger partial charge in [-0.1, -0.05) is 97.6 Å². The highest BCUT2D eigenvalue weighted by Gasteiger charge is 2.12. The largest absolute Gasteiger partial charge is 0.0880 e. The van der Waals surface area contributed by atoms with Gasteiger partial charge in [-0.25, -0.2) is 0 Å². The van der Waals surface area contributed by atoms with E-state index in [1.54, 1.807) is 0 Å². The van der Waals surface area contributed by atoms with Crippen molar-refractivity contribution in [2.24, 2.45) is 5.41 Å². The lowest BCUT2D eigenvalue weighted by Crippen LogP contribution is -2.06. The molecule has 0 aromatic rings. The molecule has 108 valence electrons. The van der Waals surface area contributed by atoms with Gasteiger partial charge in [-0.15, -0.1) is 0 Å². The van der Waals surface area contributed by atoms with Gasteiger partial charge in [0.15, 0.2) is 0 Å². The molecule has 0 fully saturated rings. The molecule has 0 heteroatoms. The van der Waals surface area contributed by atoms with Crippen molar-refractivity contribution in [3.63, 3.8) is 0 Å². The van der Waals surface area contributed by atoms with Crippen molar-refractivity contribution in [2.45, 2.75) is 98.3 Å². The van der Waals surface area contributed by atoms with E-state index in [1.165, 1.54) is 70.6 Å². The molecular weight excluding hydrogens is 216 g/mol. The van der Waals surface area contributed by atoms with Crippen LogP contribution in [0.1, 0.15) is 98.3 Å². The average molecular weight is 252 g/mol. The Hall–Kier alpha value is -0.260.